The van der Waals surface area contributed by atoms with E-state index < -0.39 is 28.6 Å². The van der Waals surface area contributed by atoms with Crippen molar-refractivity contribution in [1.29, 1.82) is 5.41 Å². The summed E-state index contributed by atoms with van der Waals surface area (Å²) >= 11 is 0. The molecule has 0 radical (unpaired) electrons. The summed E-state index contributed by atoms with van der Waals surface area (Å²) in [6, 6.07) is 20.5. The monoisotopic (exact) mass is 683 g/mol. The van der Waals surface area contributed by atoms with Crippen LogP contribution in [-0.2, 0) is 37.9 Å². The number of pyridine rings is 1. The third-order valence-corrected chi connectivity index (χ3v) is 10.4. The van der Waals surface area contributed by atoms with Gasteiger partial charge in [-0.3, -0.25) is 24.8 Å². The second kappa shape index (κ2) is 14.3. The van der Waals surface area contributed by atoms with Gasteiger partial charge in [-0.2, -0.15) is 0 Å². The van der Waals surface area contributed by atoms with Crippen LogP contribution in [0.25, 0.3) is 21.9 Å². The van der Waals surface area contributed by atoms with Crippen LogP contribution in [0.2, 0.25) is 0 Å². The smallest absolute Gasteiger partial charge is 0.413 e. The summed E-state index contributed by atoms with van der Waals surface area (Å²) < 4.78 is 41.3. The molecule has 1 aliphatic rings. The molecular formula is C35H37N7O6S. The summed E-state index contributed by atoms with van der Waals surface area (Å²) in [5.41, 5.74) is 3.15. The Balaban J connectivity index is 1.17. The van der Waals surface area contributed by atoms with Gasteiger partial charge >= 0.3 is 12.1 Å². The number of aryl methyl sites for hydroxylation is 1. The Labute approximate surface area is 283 Å². The van der Waals surface area contributed by atoms with Gasteiger partial charge in [0, 0.05) is 29.9 Å². The van der Waals surface area contributed by atoms with Gasteiger partial charge in [0.15, 0.2) is 0 Å². The van der Waals surface area contributed by atoms with Gasteiger partial charge in [-0.15, -0.1) is 0 Å². The minimum absolute atomic E-state index is 0.0307. The zero-order valence-corrected chi connectivity index (χ0v) is 28.0. The largest absolute Gasteiger partial charge is 0.468 e. The van der Waals surface area contributed by atoms with Crippen LogP contribution in [-0.4, -0.2) is 60.6 Å². The van der Waals surface area contributed by atoms with Crippen molar-refractivity contribution >= 4 is 61.2 Å². The van der Waals surface area contributed by atoms with Gasteiger partial charge in [0.05, 0.1) is 35.9 Å². The van der Waals surface area contributed by atoms with Gasteiger partial charge in [0.2, 0.25) is 0 Å². The topological polar surface area (TPSA) is 169 Å². The van der Waals surface area contributed by atoms with E-state index in [1.807, 2.05) is 11.6 Å². The van der Waals surface area contributed by atoms with Crippen LogP contribution in [0, 0.1) is 5.41 Å². The molecule has 3 aromatic carbocycles. The fraction of sp³-hybridized carbons (Fsp3) is 0.286. The molecular weight excluding hydrogens is 646 g/mol. The predicted molar refractivity (Wildman–Crippen MR) is 186 cm³/mol. The van der Waals surface area contributed by atoms with Crippen molar-refractivity contribution in [3.63, 3.8) is 0 Å². The molecule has 0 unspecified atom stereocenters. The SMILES string of the molecule is COC(=O)CN(c1ccc2c(c1)nc(CNc1ccc(C(=N)NC(=O)OC3CCCCC3)cc1)n2C)S(=O)(=O)c1cccc2cccnc12. The Morgan fingerprint density at radius 2 is 1.78 bits per heavy atom. The number of amides is 1. The van der Waals surface area contributed by atoms with E-state index in [-0.39, 0.29) is 22.5 Å². The summed E-state index contributed by atoms with van der Waals surface area (Å²) in [6.45, 7) is -0.200. The number of rotatable bonds is 10. The van der Waals surface area contributed by atoms with E-state index in [9.17, 15) is 18.0 Å². The molecule has 2 heterocycles. The Morgan fingerprint density at radius 3 is 2.53 bits per heavy atom. The Hall–Kier alpha value is -5.50. The number of methoxy groups -OCH3 is 1. The average molecular weight is 684 g/mol. The molecule has 0 bridgehead atoms. The van der Waals surface area contributed by atoms with E-state index in [0.717, 1.165) is 47.6 Å². The van der Waals surface area contributed by atoms with Crippen molar-refractivity contribution in [3.05, 3.63) is 90.4 Å². The number of esters is 1. The molecule has 1 fully saturated rings. The Morgan fingerprint density at radius 1 is 1.02 bits per heavy atom. The molecule has 2 aromatic heterocycles. The number of nitrogens with zero attached hydrogens (tertiary/aromatic N) is 4. The van der Waals surface area contributed by atoms with Gasteiger partial charge in [-0.1, -0.05) is 24.6 Å². The Bertz CT molecular complexity index is 2120. The van der Waals surface area contributed by atoms with Crippen LogP contribution < -0.4 is 14.9 Å². The minimum atomic E-state index is -4.25. The summed E-state index contributed by atoms with van der Waals surface area (Å²) in [6.07, 6.45) is 5.77. The summed E-state index contributed by atoms with van der Waals surface area (Å²) in [7, 11) is -1.18. The van der Waals surface area contributed by atoms with Gasteiger partial charge in [0.1, 0.15) is 29.2 Å². The molecule has 0 saturated heterocycles. The predicted octanol–water partition coefficient (Wildman–Crippen LogP) is 5.49. The molecule has 1 amide bonds. The number of nitrogens with one attached hydrogen (secondary N) is 3. The fourth-order valence-corrected chi connectivity index (χ4v) is 7.49. The highest BCUT2D eigenvalue weighted by Gasteiger charge is 2.30. The molecule has 6 rings (SSSR count). The lowest BCUT2D eigenvalue weighted by molar-refractivity contribution is -0.138. The second-order valence-electron chi connectivity index (χ2n) is 11.8. The minimum Gasteiger partial charge on any atom is -0.468 e. The summed E-state index contributed by atoms with van der Waals surface area (Å²) in [5, 5.41) is 14.8. The number of sulfonamides is 1. The maximum absolute atomic E-state index is 14.1. The van der Waals surface area contributed by atoms with Gasteiger partial charge < -0.3 is 19.4 Å². The second-order valence-corrected chi connectivity index (χ2v) is 13.6. The lowest BCUT2D eigenvalue weighted by Crippen LogP contribution is -2.36. The zero-order valence-electron chi connectivity index (χ0n) is 27.2. The van der Waals surface area contributed by atoms with Crippen LogP contribution in [0.5, 0.6) is 0 Å². The van der Waals surface area contributed by atoms with Crippen molar-refractivity contribution in [3.8, 4) is 0 Å². The number of carbonyl (C=O) groups excluding carboxylic acids is 2. The number of imidazole rings is 1. The molecule has 0 aliphatic heterocycles. The summed E-state index contributed by atoms with van der Waals surface area (Å²) in [4.78, 5) is 33.7. The first kappa shape index (κ1) is 33.4. The molecule has 49 heavy (non-hydrogen) atoms. The van der Waals surface area contributed by atoms with E-state index in [4.69, 9.17) is 19.9 Å². The van der Waals surface area contributed by atoms with E-state index in [2.05, 4.69) is 15.6 Å². The maximum Gasteiger partial charge on any atom is 0.413 e. The van der Waals surface area contributed by atoms with Gasteiger partial charge in [-0.05, 0) is 80.3 Å². The highest BCUT2D eigenvalue weighted by Crippen LogP contribution is 2.30. The van der Waals surface area contributed by atoms with Crippen LogP contribution in [0.3, 0.4) is 0 Å². The molecule has 254 valence electrons. The number of alkyl carbamates (subject to hydrolysis) is 1. The van der Waals surface area contributed by atoms with Crippen molar-refractivity contribution in [2.45, 2.75) is 49.6 Å². The van der Waals surface area contributed by atoms with E-state index in [1.165, 1.54) is 19.4 Å². The summed E-state index contributed by atoms with van der Waals surface area (Å²) in [5.74, 6) is -0.0886. The van der Waals surface area contributed by atoms with Crippen LogP contribution in [0.15, 0.2) is 83.9 Å². The quantitative estimate of drug-likeness (QED) is 0.0980. The molecule has 0 atom stereocenters. The molecule has 1 saturated carbocycles. The number of carbonyl (C=O) groups is 2. The van der Waals surface area contributed by atoms with E-state index >= 15 is 0 Å². The van der Waals surface area contributed by atoms with Crippen molar-refractivity contribution in [2.75, 3.05) is 23.3 Å². The highest BCUT2D eigenvalue weighted by atomic mass is 32.2. The zero-order chi connectivity index (χ0) is 34.5. The number of ether oxygens (including phenoxy) is 2. The highest BCUT2D eigenvalue weighted by molar-refractivity contribution is 7.93. The van der Waals surface area contributed by atoms with E-state index in [1.54, 1.807) is 66.7 Å². The standard InChI is InChI=1S/C35H37N7O6S/c1-41-29-18-17-26(42(22-32(43)47-2)49(45,46)30-12-6-8-23-9-7-19-37-33(23)30)20-28(29)39-31(41)21-38-25-15-13-24(14-16-25)34(36)40-35(44)48-27-10-4-3-5-11-27/h6-9,12-20,27,38H,3-5,10-11,21-22H2,1-2H3,(H2,36,40,44). The molecule has 13 nitrogen and oxygen atoms in total. The average Bonchev–Trinajstić information content (AvgIpc) is 3.43. The number of fused-ring (bicyclic) bond motifs is 2. The Kier molecular flexibility index (Phi) is 9.76. The first-order valence-corrected chi connectivity index (χ1v) is 17.4. The van der Waals surface area contributed by atoms with E-state index in [0.29, 0.717) is 34.4 Å². The third-order valence-electron chi connectivity index (χ3n) is 8.59. The van der Waals surface area contributed by atoms with Crippen LogP contribution in [0.4, 0.5) is 16.2 Å². The first-order valence-electron chi connectivity index (χ1n) is 15.9. The number of para-hydroxylation sites is 1. The molecule has 0 spiro atoms. The van der Waals surface area contributed by atoms with Gasteiger partial charge in [0.25, 0.3) is 10.0 Å². The van der Waals surface area contributed by atoms with Crippen molar-refractivity contribution in [2.24, 2.45) is 7.05 Å². The van der Waals surface area contributed by atoms with Gasteiger partial charge in [-0.25, -0.2) is 18.2 Å². The fourth-order valence-electron chi connectivity index (χ4n) is 5.93. The number of hydrogen-bond acceptors (Lipinski definition) is 10. The van der Waals surface area contributed by atoms with Crippen molar-refractivity contribution < 1.29 is 27.5 Å². The van der Waals surface area contributed by atoms with Crippen molar-refractivity contribution in [1.82, 2.24) is 19.9 Å². The number of amidine groups is 1. The molecule has 3 N–H and O–H groups in total. The lowest BCUT2D eigenvalue weighted by atomic mass is 9.98. The maximum atomic E-state index is 14.1. The van der Waals surface area contributed by atoms with Crippen LogP contribution in [0.1, 0.15) is 43.5 Å². The molecule has 1 aliphatic carbocycles. The number of benzene rings is 3. The molecule has 14 heteroatoms. The number of aromatic nitrogens is 3. The third kappa shape index (κ3) is 7.33. The lowest BCUT2D eigenvalue weighted by Gasteiger charge is -2.24. The normalized spacial score (nSPS) is 13.6. The molecule has 5 aromatic rings. The first-order chi connectivity index (χ1) is 23.6. The number of anilines is 2. The van der Waals surface area contributed by atoms with Crippen LogP contribution >= 0.6 is 0 Å². The number of hydrogen-bond donors (Lipinski definition) is 3.